The van der Waals surface area contributed by atoms with Crippen molar-refractivity contribution in [2.75, 3.05) is 32.2 Å². The van der Waals surface area contributed by atoms with Gasteiger partial charge in [-0.2, -0.15) is 13.2 Å². The van der Waals surface area contributed by atoms with Crippen molar-refractivity contribution in [2.45, 2.75) is 24.9 Å². The number of carboxylic acids is 1. The van der Waals surface area contributed by atoms with Gasteiger partial charge in [0.15, 0.2) is 6.61 Å². The molecule has 2 aromatic carbocycles. The molecular formula is C22H25F3O5S. The molecule has 0 saturated carbocycles. The van der Waals surface area contributed by atoms with Gasteiger partial charge in [0.2, 0.25) is 0 Å². The predicted molar refractivity (Wildman–Crippen MR) is 112 cm³/mol. The molecule has 31 heavy (non-hydrogen) atoms. The molecule has 5 nitrogen and oxygen atoms in total. The standard InChI is InChI=1S/C22H25F3O5S/c1-3-28-11-16(12-29-18-6-4-17(5-7-18)22(23,24)25)14-31-19-8-9-20(15(2)10-19)30-13-21(26)27/h4-10,16H,3,11-14H2,1-2H3,(H,26,27)/t16-/m1/s1. The summed E-state index contributed by atoms with van der Waals surface area (Å²) in [6.45, 7) is 4.65. The topological polar surface area (TPSA) is 65.0 Å². The van der Waals surface area contributed by atoms with E-state index in [4.69, 9.17) is 19.3 Å². The van der Waals surface area contributed by atoms with E-state index in [2.05, 4.69) is 0 Å². The highest BCUT2D eigenvalue weighted by Gasteiger charge is 2.30. The van der Waals surface area contributed by atoms with Crippen molar-refractivity contribution >= 4 is 17.7 Å². The number of ether oxygens (including phenoxy) is 3. The second kappa shape index (κ2) is 11.9. The second-order valence-corrected chi connectivity index (χ2v) is 7.87. The third-order valence-corrected chi connectivity index (χ3v) is 5.43. The first-order valence-corrected chi connectivity index (χ1v) is 10.6. The first-order chi connectivity index (χ1) is 14.7. The minimum Gasteiger partial charge on any atom is -0.493 e. The lowest BCUT2D eigenvalue weighted by Gasteiger charge is -2.18. The van der Waals surface area contributed by atoms with E-state index >= 15 is 0 Å². The lowest BCUT2D eigenvalue weighted by atomic mass is 10.2. The maximum Gasteiger partial charge on any atom is 0.416 e. The molecule has 170 valence electrons. The molecule has 1 atom stereocenters. The molecule has 1 N–H and O–H groups in total. The molecule has 0 fully saturated rings. The molecule has 2 rings (SSSR count). The van der Waals surface area contributed by atoms with Crippen molar-refractivity contribution in [2.24, 2.45) is 5.92 Å². The summed E-state index contributed by atoms with van der Waals surface area (Å²) in [5.74, 6) is 0.550. The smallest absolute Gasteiger partial charge is 0.416 e. The molecule has 0 saturated heterocycles. The zero-order valence-electron chi connectivity index (χ0n) is 17.3. The molecule has 0 aromatic heterocycles. The third kappa shape index (κ3) is 8.70. The molecule has 0 heterocycles. The van der Waals surface area contributed by atoms with Crippen molar-refractivity contribution in [3.63, 3.8) is 0 Å². The molecule has 2 aromatic rings. The van der Waals surface area contributed by atoms with E-state index in [0.717, 1.165) is 22.6 Å². The van der Waals surface area contributed by atoms with E-state index in [1.54, 1.807) is 17.8 Å². The summed E-state index contributed by atoms with van der Waals surface area (Å²) in [7, 11) is 0. The molecule has 0 unspecified atom stereocenters. The number of carbonyl (C=O) groups is 1. The van der Waals surface area contributed by atoms with Crippen molar-refractivity contribution in [1.82, 2.24) is 0 Å². The Morgan fingerprint density at radius 3 is 2.39 bits per heavy atom. The predicted octanol–water partition coefficient (Wildman–Crippen LogP) is 5.30. The zero-order chi connectivity index (χ0) is 22.9. The fourth-order valence-corrected chi connectivity index (χ4v) is 3.66. The molecule has 0 bridgehead atoms. The van der Waals surface area contributed by atoms with Crippen molar-refractivity contribution in [3.05, 3.63) is 53.6 Å². The average molecular weight is 458 g/mol. The van der Waals surface area contributed by atoms with E-state index in [1.807, 2.05) is 26.0 Å². The Balaban J connectivity index is 1.92. The number of thioether (sulfide) groups is 1. The van der Waals surface area contributed by atoms with Crippen LogP contribution in [-0.4, -0.2) is 43.3 Å². The van der Waals surface area contributed by atoms with Gasteiger partial charge in [-0.25, -0.2) is 4.79 Å². The van der Waals surface area contributed by atoms with Gasteiger partial charge in [0.05, 0.1) is 18.8 Å². The van der Waals surface area contributed by atoms with Crippen LogP contribution in [0.25, 0.3) is 0 Å². The Hall–Kier alpha value is -2.39. The summed E-state index contributed by atoms with van der Waals surface area (Å²) in [5.41, 5.74) is 0.112. The number of benzene rings is 2. The van der Waals surface area contributed by atoms with Crippen LogP contribution >= 0.6 is 11.8 Å². The van der Waals surface area contributed by atoms with E-state index in [0.29, 0.717) is 37.1 Å². The van der Waals surface area contributed by atoms with Crippen LogP contribution in [0.5, 0.6) is 11.5 Å². The van der Waals surface area contributed by atoms with Crippen molar-refractivity contribution in [1.29, 1.82) is 0 Å². The fraction of sp³-hybridized carbons (Fsp3) is 0.409. The van der Waals surface area contributed by atoms with Crippen LogP contribution in [0.1, 0.15) is 18.1 Å². The first kappa shape index (κ1) is 24.9. The Morgan fingerprint density at radius 1 is 1.10 bits per heavy atom. The van der Waals surface area contributed by atoms with E-state index in [9.17, 15) is 18.0 Å². The number of hydrogen-bond acceptors (Lipinski definition) is 5. The van der Waals surface area contributed by atoms with Crippen LogP contribution in [-0.2, 0) is 15.7 Å². The van der Waals surface area contributed by atoms with Crippen molar-refractivity contribution in [3.8, 4) is 11.5 Å². The van der Waals surface area contributed by atoms with Gasteiger partial charge in [-0.15, -0.1) is 11.8 Å². The van der Waals surface area contributed by atoms with Crippen LogP contribution in [0, 0.1) is 12.8 Å². The molecule has 0 aliphatic heterocycles. The molecule has 9 heteroatoms. The summed E-state index contributed by atoms with van der Waals surface area (Å²) < 4.78 is 54.4. The van der Waals surface area contributed by atoms with Crippen LogP contribution in [0.3, 0.4) is 0 Å². The van der Waals surface area contributed by atoms with Gasteiger partial charge in [0.25, 0.3) is 0 Å². The number of aliphatic carboxylic acids is 1. The summed E-state index contributed by atoms with van der Waals surface area (Å²) in [4.78, 5) is 11.6. The maximum atomic E-state index is 12.7. The molecule has 0 radical (unpaired) electrons. The summed E-state index contributed by atoms with van der Waals surface area (Å²) >= 11 is 1.59. The molecule has 0 spiro atoms. The summed E-state index contributed by atoms with van der Waals surface area (Å²) in [5, 5.41) is 8.72. The SMILES string of the molecule is CCOC[C@H](COc1ccc(C(F)(F)F)cc1)CSc1ccc(OCC(=O)O)c(C)c1. The van der Waals surface area contributed by atoms with Gasteiger partial charge in [0, 0.05) is 23.2 Å². The zero-order valence-corrected chi connectivity index (χ0v) is 18.1. The Kier molecular flexibility index (Phi) is 9.51. The summed E-state index contributed by atoms with van der Waals surface area (Å²) in [6.07, 6.45) is -4.38. The fourth-order valence-electron chi connectivity index (χ4n) is 2.61. The van der Waals surface area contributed by atoms with Crippen molar-refractivity contribution < 1.29 is 37.3 Å². The molecular weight excluding hydrogens is 433 g/mol. The highest BCUT2D eigenvalue weighted by atomic mass is 32.2. The van der Waals surface area contributed by atoms with E-state index in [-0.39, 0.29) is 5.92 Å². The molecule has 0 amide bonds. The van der Waals surface area contributed by atoms with Crippen LogP contribution in [0.2, 0.25) is 0 Å². The first-order valence-electron chi connectivity index (χ1n) is 9.65. The highest BCUT2D eigenvalue weighted by Crippen LogP contribution is 2.31. The number of rotatable bonds is 12. The Morgan fingerprint density at radius 2 is 1.81 bits per heavy atom. The normalized spacial score (nSPS) is 12.4. The number of aryl methyl sites for hydroxylation is 1. The van der Waals surface area contributed by atoms with Gasteiger partial charge in [-0.1, -0.05) is 0 Å². The number of carboxylic acid groups (broad SMARTS) is 1. The monoisotopic (exact) mass is 458 g/mol. The number of hydrogen-bond donors (Lipinski definition) is 1. The number of alkyl halides is 3. The molecule has 0 aliphatic carbocycles. The number of halogens is 3. The molecule has 0 aliphatic rings. The average Bonchev–Trinajstić information content (AvgIpc) is 2.72. The second-order valence-electron chi connectivity index (χ2n) is 6.78. The van der Waals surface area contributed by atoms with Gasteiger partial charge < -0.3 is 19.3 Å². The van der Waals surface area contributed by atoms with Gasteiger partial charge in [-0.05, 0) is 61.9 Å². The lowest BCUT2D eigenvalue weighted by molar-refractivity contribution is -0.139. The minimum absolute atomic E-state index is 0.0236. The van der Waals surface area contributed by atoms with Gasteiger partial charge in [0.1, 0.15) is 11.5 Å². The van der Waals surface area contributed by atoms with Crippen LogP contribution in [0.15, 0.2) is 47.4 Å². The van der Waals surface area contributed by atoms with Gasteiger partial charge >= 0.3 is 12.1 Å². The minimum atomic E-state index is -4.38. The Bertz CT molecular complexity index is 840. The van der Waals surface area contributed by atoms with Gasteiger partial charge in [-0.3, -0.25) is 0 Å². The van der Waals surface area contributed by atoms with E-state index in [1.165, 1.54) is 12.1 Å². The van der Waals surface area contributed by atoms with E-state index < -0.39 is 24.3 Å². The van der Waals surface area contributed by atoms with Crippen LogP contribution < -0.4 is 9.47 Å². The lowest BCUT2D eigenvalue weighted by Crippen LogP contribution is -2.20. The largest absolute Gasteiger partial charge is 0.493 e. The highest BCUT2D eigenvalue weighted by molar-refractivity contribution is 7.99. The maximum absolute atomic E-state index is 12.7. The third-order valence-electron chi connectivity index (χ3n) is 4.21. The summed E-state index contributed by atoms with van der Waals surface area (Å²) in [6, 6.07) is 10.1. The quantitative estimate of drug-likeness (QED) is 0.436. The van der Waals surface area contributed by atoms with Crippen LogP contribution in [0.4, 0.5) is 13.2 Å². The Labute approximate surface area is 183 Å².